The number of aromatic nitrogens is 2. The van der Waals surface area contributed by atoms with Crippen molar-refractivity contribution in [2.75, 3.05) is 27.8 Å². The number of aromatic amines is 1. The van der Waals surface area contributed by atoms with Crippen LogP contribution in [0.4, 0.5) is 5.69 Å². The van der Waals surface area contributed by atoms with Crippen molar-refractivity contribution in [2.24, 2.45) is 5.73 Å². The molecule has 2 aromatic rings. The first-order chi connectivity index (χ1) is 14.3. The molecule has 0 saturated carbocycles. The van der Waals surface area contributed by atoms with Crippen LogP contribution in [0.15, 0.2) is 41.3 Å². The van der Waals surface area contributed by atoms with Gasteiger partial charge in [0, 0.05) is 36.2 Å². The number of ether oxygens (including phenoxy) is 2. The van der Waals surface area contributed by atoms with E-state index in [1.807, 2.05) is 20.2 Å². The molecule has 0 aliphatic carbocycles. The summed E-state index contributed by atoms with van der Waals surface area (Å²) in [7, 11) is 5.13. The fourth-order valence-corrected chi connectivity index (χ4v) is 3.32. The van der Waals surface area contributed by atoms with E-state index in [-0.39, 0.29) is 24.1 Å². The van der Waals surface area contributed by atoms with E-state index >= 15 is 0 Å². The molecule has 0 spiro atoms. The Kier molecular flexibility index (Phi) is 8.48. The minimum atomic E-state index is -0.510. The molecule has 2 heterocycles. The van der Waals surface area contributed by atoms with Gasteiger partial charge in [-0.25, -0.2) is 4.98 Å². The van der Waals surface area contributed by atoms with Crippen molar-refractivity contribution in [1.29, 1.82) is 0 Å². The van der Waals surface area contributed by atoms with Gasteiger partial charge in [-0.05, 0) is 46.4 Å². The van der Waals surface area contributed by atoms with Gasteiger partial charge >= 0.3 is 5.69 Å². The van der Waals surface area contributed by atoms with Gasteiger partial charge in [-0.15, -0.1) is 0 Å². The molecule has 0 aromatic carbocycles. The second-order valence-corrected chi connectivity index (χ2v) is 7.81. The zero-order valence-electron chi connectivity index (χ0n) is 16.6. The minimum absolute atomic E-state index is 0.0679. The number of hydrogen-bond acceptors (Lipinski definition) is 7. The molecule has 2 rings (SSSR count). The van der Waals surface area contributed by atoms with E-state index in [1.54, 1.807) is 35.5 Å². The van der Waals surface area contributed by atoms with E-state index in [1.165, 1.54) is 13.3 Å². The summed E-state index contributed by atoms with van der Waals surface area (Å²) in [5.41, 5.74) is 5.98. The summed E-state index contributed by atoms with van der Waals surface area (Å²) in [6.07, 6.45) is 10.00. The largest absolute Gasteiger partial charge is 0.481 e. The van der Waals surface area contributed by atoms with Gasteiger partial charge in [-0.1, -0.05) is 15.9 Å². The van der Waals surface area contributed by atoms with Gasteiger partial charge in [-0.3, -0.25) is 10.1 Å². The number of allylic oxidation sites excluding steroid dienone is 1. The molecule has 3 N–H and O–H groups in total. The van der Waals surface area contributed by atoms with Crippen molar-refractivity contribution in [3.05, 3.63) is 67.5 Å². The summed E-state index contributed by atoms with van der Waals surface area (Å²) in [5.74, 6) is 0.186. The third-order valence-corrected chi connectivity index (χ3v) is 5.11. The highest BCUT2D eigenvalue weighted by molar-refractivity contribution is 9.15. The first-order valence-electron chi connectivity index (χ1n) is 8.60. The van der Waals surface area contributed by atoms with Crippen LogP contribution in [0.3, 0.4) is 0 Å². The van der Waals surface area contributed by atoms with Crippen molar-refractivity contribution in [3.63, 3.8) is 0 Å². The second-order valence-electron chi connectivity index (χ2n) is 6.11. The van der Waals surface area contributed by atoms with Crippen LogP contribution in [0.25, 0.3) is 16.4 Å². The number of pyridine rings is 1. The van der Waals surface area contributed by atoms with Crippen LogP contribution in [-0.2, 0) is 4.74 Å². The van der Waals surface area contributed by atoms with Crippen LogP contribution in [0.2, 0.25) is 0 Å². The molecule has 9 nitrogen and oxygen atoms in total. The lowest BCUT2D eigenvalue weighted by atomic mass is 10.2. The molecule has 2 aromatic heterocycles. The number of nitro groups is 1. The van der Waals surface area contributed by atoms with Crippen LogP contribution in [-0.4, -0.2) is 47.6 Å². The molecule has 11 heteroatoms. The normalized spacial score (nSPS) is 13.5. The quantitative estimate of drug-likeness (QED) is 0.388. The lowest BCUT2D eigenvalue weighted by Crippen LogP contribution is -2.30. The van der Waals surface area contributed by atoms with Crippen molar-refractivity contribution >= 4 is 54.0 Å². The summed E-state index contributed by atoms with van der Waals surface area (Å²) in [6.45, 7) is 0.0740. The Morgan fingerprint density at radius 2 is 2.20 bits per heavy atom. The van der Waals surface area contributed by atoms with Gasteiger partial charge in [0.05, 0.1) is 22.1 Å². The molecule has 0 atom stereocenters. The summed E-state index contributed by atoms with van der Waals surface area (Å²) < 4.78 is 11.8. The number of nitrogens with zero attached hydrogens (tertiary/aromatic N) is 3. The standard InChI is InChI=1S/C19H21Br2N5O4/c1-25(2)9-7-13-15(21)11-24-19(17(13)26(27)28)30-10-4-5-14(20)12-6-8-23-16(12)18(22)29-3/h4-9,11,23H,10,22H2,1-3H3/b5-4+,9-7+,14-12+,18-16-. The van der Waals surface area contributed by atoms with E-state index in [2.05, 4.69) is 41.8 Å². The number of H-pyrrole nitrogens is 1. The lowest BCUT2D eigenvalue weighted by Gasteiger charge is -2.08. The van der Waals surface area contributed by atoms with Gasteiger partial charge in [0.15, 0.2) is 0 Å². The molecule has 0 unspecified atom stereocenters. The third-order valence-electron chi connectivity index (χ3n) is 3.78. The fraction of sp³-hybridized carbons (Fsp3) is 0.211. The Morgan fingerprint density at radius 1 is 1.47 bits per heavy atom. The summed E-state index contributed by atoms with van der Waals surface area (Å²) in [4.78, 5) is 19.9. The Balaban J connectivity index is 2.29. The monoisotopic (exact) mass is 541 g/mol. The molecule has 0 amide bonds. The molecule has 0 bridgehead atoms. The van der Waals surface area contributed by atoms with E-state index in [4.69, 9.17) is 15.2 Å². The maximum Gasteiger partial charge on any atom is 0.339 e. The number of methoxy groups -OCH3 is 1. The van der Waals surface area contributed by atoms with Gasteiger partial charge in [0.1, 0.15) is 12.0 Å². The molecule has 30 heavy (non-hydrogen) atoms. The average molecular weight is 543 g/mol. The number of nitrogens with one attached hydrogen (secondary N) is 1. The highest BCUT2D eigenvalue weighted by atomic mass is 79.9. The predicted octanol–water partition coefficient (Wildman–Crippen LogP) is 2.42. The first kappa shape index (κ1) is 23.5. The topological polar surface area (TPSA) is 120 Å². The van der Waals surface area contributed by atoms with E-state index in [9.17, 15) is 10.1 Å². The van der Waals surface area contributed by atoms with Crippen molar-refractivity contribution in [1.82, 2.24) is 14.9 Å². The first-order valence-corrected chi connectivity index (χ1v) is 10.2. The van der Waals surface area contributed by atoms with Crippen LogP contribution in [0, 0.1) is 10.1 Å². The van der Waals surface area contributed by atoms with Crippen LogP contribution < -0.4 is 21.0 Å². The molecular formula is C19H21Br2N5O4. The molecular weight excluding hydrogens is 522 g/mol. The smallest absolute Gasteiger partial charge is 0.339 e. The van der Waals surface area contributed by atoms with Crippen molar-refractivity contribution in [3.8, 4) is 5.88 Å². The van der Waals surface area contributed by atoms with E-state index < -0.39 is 4.92 Å². The summed E-state index contributed by atoms with van der Waals surface area (Å²) in [6, 6.07) is 1.83. The van der Waals surface area contributed by atoms with E-state index in [0.717, 1.165) is 9.70 Å². The molecule has 0 aliphatic heterocycles. The molecule has 0 radical (unpaired) electrons. The maximum atomic E-state index is 11.6. The number of rotatable bonds is 8. The predicted molar refractivity (Wildman–Crippen MR) is 123 cm³/mol. The average Bonchev–Trinajstić information content (AvgIpc) is 3.19. The van der Waals surface area contributed by atoms with E-state index in [0.29, 0.717) is 15.4 Å². The second kappa shape index (κ2) is 10.8. The van der Waals surface area contributed by atoms with Gasteiger partial charge in [-0.2, -0.15) is 0 Å². The zero-order chi connectivity index (χ0) is 22.3. The Labute approximate surface area is 190 Å². The number of halogens is 2. The Hall–Kier alpha value is -2.79. The van der Waals surface area contributed by atoms with Crippen molar-refractivity contribution in [2.45, 2.75) is 0 Å². The summed E-state index contributed by atoms with van der Waals surface area (Å²) in [5, 5.41) is 13.1. The molecule has 0 saturated heterocycles. The Bertz CT molecular complexity index is 1090. The van der Waals surface area contributed by atoms with Crippen molar-refractivity contribution < 1.29 is 14.4 Å². The number of hydrogen-bond donors (Lipinski definition) is 2. The molecule has 160 valence electrons. The number of nitrogens with two attached hydrogens (primary N) is 1. The van der Waals surface area contributed by atoms with Crippen LogP contribution >= 0.6 is 31.9 Å². The zero-order valence-corrected chi connectivity index (χ0v) is 19.7. The summed E-state index contributed by atoms with van der Waals surface area (Å²) >= 11 is 6.78. The highest BCUT2D eigenvalue weighted by Gasteiger charge is 2.24. The minimum Gasteiger partial charge on any atom is -0.481 e. The lowest BCUT2D eigenvalue weighted by molar-refractivity contribution is -0.386. The molecule has 0 aliphatic rings. The third kappa shape index (κ3) is 5.86. The van der Waals surface area contributed by atoms with Gasteiger partial charge in [0.2, 0.25) is 5.88 Å². The van der Waals surface area contributed by atoms with Crippen LogP contribution in [0.1, 0.15) is 5.56 Å². The SMILES string of the molecule is CO\C(N)=c1/[nH]cc/c1=C(Br)/C=C/COc1ncc(Br)c(/C=C/N(C)C)c1[N+](=O)[O-]. The molecule has 0 fully saturated rings. The van der Waals surface area contributed by atoms with Gasteiger partial charge < -0.3 is 25.1 Å². The van der Waals surface area contributed by atoms with Crippen LogP contribution in [0.5, 0.6) is 5.88 Å². The maximum absolute atomic E-state index is 11.6. The highest BCUT2D eigenvalue weighted by Crippen LogP contribution is 2.34. The fourth-order valence-electron chi connectivity index (χ4n) is 2.38. The van der Waals surface area contributed by atoms with Gasteiger partial charge in [0.25, 0.3) is 5.88 Å². The Morgan fingerprint density at radius 3 is 2.83 bits per heavy atom.